The summed E-state index contributed by atoms with van der Waals surface area (Å²) in [6.07, 6.45) is 0.606. The van der Waals surface area contributed by atoms with E-state index in [1.165, 1.54) is 0 Å². The Bertz CT molecular complexity index is 288. The average Bonchev–Trinajstić information content (AvgIpc) is 2.09. The quantitative estimate of drug-likeness (QED) is 0.596. The molecule has 0 radical (unpaired) electrons. The third-order valence-electron chi connectivity index (χ3n) is 2.96. The van der Waals surface area contributed by atoms with Crippen LogP contribution in [0.15, 0.2) is 0 Å². The van der Waals surface area contributed by atoms with E-state index in [0.29, 0.717) is 6.42 Å². The van der Waals surface area contributed by atoms with Crippen molar-refractivity contribution in [1.29, 1.82) is 0 Å². The van der Waals surface area contributed by atoms with E-state index in [1.807, 2.05) is 6.92 Å². The molecular weight excluding hydrogens is 220 g/mol. The van der Waals surface area contributed by atoms with Crippen LogP contribution in [0.25, 0.3) is 0 Å². The van der Waals surface area contributed by atoms with E-state index < -0.39 is 22.8 Å². The Morgan fingerprint density at radius 2 is 1.71 bits per heavy atom. The van der Waals surface area contributed by atoms with Crippen molar-refractivity contribution in [3.63, 3.8) is 0 Å². The number of aliphatic carboxylic acids is 1. The predicted octanol–water partition coefficient (Wildman–Crippen LogP) is 2.86. The lowest BCUT2D eigenvalue weighted by Gasteiger charge is -2.39. The van der Waals surface area contributed by atoms with Crippen LogP contribution < -0.4 is 0 Å². The maximum atomic E-state index is 12.2. The highest BCUT2D eigenvalue weighted by molar-refractivity contribution is 6.00. The van der Waals surface area contributed by atoms with E-state index in [4.69, 9.17) is 4.74 Å². The van der Waals surface area contributed by atoms with Gasteiger partial charge in [0.25, 0.3) is 0 Å². The first-order chi connectivity index (χ1) is 7.59. The van der Waals surface area contributed by atoms with Crippen LogP contribution >= 0.6 is 0 Å². The molecule has 1 atom stereocenters. The first-order valence-electron chi connectivity index (χ1n) is 6.04. The van der Waals surface area contributed by atoms with E-state index in [9.17, 15) is 14.7 Å². The summed E-state index contributed by atoms with van der Waals surface area (Å²) in [4.78, 5) is 23.7. The summed E-state index contributed by atoms with van der Waals surface area (Å²) < 4.78 is 5.14. The van der Waals surface area contributed by atoms with E-state index in [0.717, 1.165) is 0 Å². The lowest BCUT2D eigenvalue weighted by Crippen LogP contribution is -2.50. The summed E-state index contributed by atoms with van der Waals surface area (Å²) in [5.41, 5.74) is -2.15. The van der Waals surface area contributed by atoms with Crippen LogP contribution in [0.1, 0.15) is 54.4 Å². The summed E-state index contributed by atoms with van der Waals surface area (Å²) >= 11 is 0. The van der Waals surface area contributed by atoms with Crippen LogP contribution in [-0.4, -0.2) is 23.1 Å². The second kappa shape index (κ2) is 5.52. The Labute approximate surface area is 103 Å². The summed E-state index contributed by atoms with van der Waals surface area (Å²) in [7, 11) is 0. The summed E-state index contributed by atoms with van der Waals surface area (Å²) in [6, 6.07) is 0. The van der Waals surface area contributed by atoms with Crippen molar-refractivity contribution in [3.8, 4) is 0 Å². The van der Waals surface area contributed by atoms with Gasteiger partial charge in [0.05, 0.1) is 6.10 Å². The Morgan fingerprint density at radius 1 is 1.24 bits per heavy atom. The highest BCUT2D eigenvalue weighted by Gasteiger charge is 2.55. The van der Waals surface area contributed by atoms with Crippen LogP contribution in [0.3, 0.4) is 0 Å². The van der Waals surface area contributed by atoms with E-state index >= 15 is 0 Å². The molecule has 0 heterocycles. The fraction of sp³-hybridized carbons (Fsp3) is 0.846. The minimum absolute atomic E-state index is 0.289. The molecule has 0 saturated heterocycles. The van der Waals surface area contributed by atoms with Crippen molar-refractivity contribution in [2.24, 2.45) is 10.8 Å². The molecule has 0 rings (SSSR count). The molecule has 0 aliphatic rings. The Morgan fingerprint density at radius 3 is 1.94 bits per heavy atom. The highest BCUT2D eigenvalue weighted by Crippen LogP contribution is 2.44. The van der Waals surface area contributed by atoms with Gasteiger partial charge in [-0.25, -0.2) is 0 Å². The molecule has 0 spiro atoms. The summed E-state index contributed by atoms with van der Waals surface area (Å²) in [5.74, 6) is -1.73. The number of hydrogen-bond acceptors (Lipinski definition) is 3. The van der Waals surface area contributed by atoms with Crippen molar-refractivity contribution in [2.45, 2.75) is 60.5 Å². The minimum Gasteiger partial charge on any atom is -0.480 e. The number of esters is 1. The van der Waals surface area contributed by atoms with Crippen molar-refractivity contribution in [3.05, 3.63) is 0 Å². The van der Waals surface area contributed by atoms with Gasteiger partial charge in [-0.15, -0.1) is 0 Å². The minimum atomic E-state index is -1.47. The first-order valence-corrected chi connectivity index (χ1v) is 6.04. The van der Waals surface area contributed by atoms with Crippen LogP contribution in [0.4, 0.5) is 0 Å². The number of carboxylic acids is 1. The molecular formula is C13H24O4. The molecule has 0 aliphatic heterocycles. The number of carbonyl (C=O) groups is 2. The van der Waals surface area contributed by atoms with Gasteiger partial charge in [0.1, 0.15) is 0 Å². The molecule has 0 bridgehead atoms. The molecule has 4 nitrogen and oxygen atoms in total. The fourth-order valence-corrected chi connectivity index (χ4v) is 1.99. The molecule has 100 valence electrons. The van der Waals surface area contributed by atoms with Gasteiger partial charge in [-0.05, 0) is 25.7 Å². The van der Waals surface area contributed by atoms with Gasteiger partial charge in [-0.2, -0.15) is 0 Å². The molecule has 0 amide bonds. The topological polar surface area (TPSA) is 63.6 Å². The Kier molecular flexibility index (Phi) is 5.17. The molecule has 1 N–H and O–H groups in total. The lowest BCUT2D eigenvalue weighted by molar-refractivity contribution is -0.181. The Hall–Kier alpha value is -1.06. The van der Waals surface area contributed by atoms with Crippen LogP contribution in [0.2, 0.25) is 0 Å². The van der Waals surface area contributed by atoms with Gasteiger partial charge in [-0.1, -0.05) is 34.1 Å². The number of carboxylic acid groups (broad SMARTS) is 1. The zero-order chi connectivity index (χ0) is 13.9. The van der Waals surface area contributed by atoms with Crippen LogP contribution in [0, 0.1) is 10.8 Å². The van der Waals surface area contributed by atoms with Crippen molar-refractivity contribution >= 4 is 11.9 Å². The smallest absolute Gasteiger partial charge is 0.324 e. The van der Waals surface area contributed by atoms with Crippen LogP contribution in [0.5, 0.6) is 0 Å². The zero-order valence-corrected chi connectivity index (χ0v) is 11.7. The lowest BCUT2D eigenvalue weighted by atomic mass is 9.64. The number of ether oxygens (including phenoxy) is 1. The molecule has 17 heavy (non-hydrogen) atoms. The first kappa shape index (κ1) is 15.9. The fourth-order valence-electron chi connectivity index (χ4n) is 1.99. The number of rotatable bonds is 5. The van der Waals surface area contributed by atoms with Gasteiger partial charge >= 0.3 is 11.9 Å². The maximum Gasteiger partial charge on any atom is 0.324 e. The summed E-state index contributed by atoms with van der Waals surface area (Å²) in [5, 5.41) is 9.47. The second-order valence-electron chi connectivity index (χ2n) is 5.66. The zero-order valence-electron chi connectivity index (χ0n) is 11.7. The Balaban J connectivity index is 5.48. The molecule has 0 saturated carbocycles. The largest absolute Gasteiger partial charge is 0.480 e. The molecule has 0 aromatic rings. The normalized spacial score (nSPS) is 15.5. The third kappa shape index (κ3) is 3.20. The molecule has 0 aliphatic carbocycles. The summed E-state index contributed by atoms with van der Waals surface area (Å²) in [6.45, 7) is 10.6. The van der Waals surface area contributed by atoms with Gasteiger partial charge in [-0.3, -0.25) is 9.59 Å². The highest BCUT2D eigenvalue weighted by atomic mass is 16.5. The second-order valence-corrected chi connectivity index (χ2v) is 5.66. The van der Waals surface area contributed by atoms with E-state index in [1.54, 1.807) is 34.6 Å². The molecule has 0 aromatic carbocycles. The van der Waals surface area contributed by atoms with E-state index in [-0.39, 0.29) is 12.5 Å². The third-order valence-corrected chi connectivity index (χ3v) is 2.96. The predicted molar refractivity (Wildman–Crippen MR) is 65.7 cm³/mol. The van der Waals surface area contributed by atoms with Crippen molar-refractivity contribution in [1.82, 2.24) is 0 Å². The number of hydrogen-bond donors (Lipinski definition) is 1. The van der Waals surface area contributed by atoms with Gasteiger partial charge in [0.15, 0.2) is 5.41 Å². The van der Waals surface area contributed by atoms with Gasteiger partial charge in [0.2, 0.25) is 0 Å². The molecule has 1 unspecified atom stereocenters. The SMILES string of the molecule is CCCC(C(=O)O)(C(=O)OC(C)C)C(C)(C)C. The monoisotopic (exact) mass is 244 g/mol. The van der Waals surface area contributed by atoms with Crippen molar-refractivity contribution in [2.75, 3.05) is 0 Å². The maximum absolute atomic E-state index is 12.2. The van der Waals surface area contributed by atoms with Gasteiger partial charge < -0.3 is 9.84 Å². The molecule has 0 aromatic heterocycles. The molecule has 4 heteroatoms. The van der Waals surface area contributed by atoms with Crippen LogP contribution in [-0.2, 0) is 14.3 Å². The average molecular weight is 244 g/mol. The number of carbonyl (C=O) groups excluding carboxylic acids is 1. The van der Waals surface area contributed by atoms with E-state index in [2.05, 4.69) is 0 Å². The molecule has 0 fully saturated rings. The van der Waals surface area contributed by atoms with Crippen molar-refractivity contribution < 1.29 is 19.4 Å². The van der Waals surface area contributed by atoms with Gasteiger partial charge in [0, 0.05) is 0 Å². The standard InChI is InChI=1S/C13H24O4/c1-7-8-13(10(14)15,12(4,5)6)11(16)17-9(2)3/h9H,7-8H2,1-6H3,(H,14,15).